The molecule has 3 rings (SSSR count). The highest BCUT2D eigenvalue weighted by Crippen LogP contribution is 2.33. The molecule has 18 heavy (non-hydrogen) atoms. The lowest BCUT2D eigenvalue weighted by molar-refractivity contribution is -0.114. The average molecular weight is 237 g/mol. The number of nitrogen functional groups attached to an aromatic ring is 1. The molecule has 0 saturated carbocycles. The van der Waals surface area contributed by atoms with Gasteiger partial charge >= 0.3 is 0 Å². The zero-order chi connectivity index (χ0) is 12.5. The maximum atomic E-state index is 11.5. The van der Waals surface area contributed by atoms with Crippen LogP contribution in [0.15, 0.2) is 42.5 Å². The van der Waals surface area contributed by atoms with Crippen LogP contribution in [0.1, 0.15) is 24.8 Å². The molecule has 2 heteroatoms. The Morgan fingerprint density at radius 1 is 0.944 bits per heavy atom. The van der Waals surface area contributed by atoms with Crippen LogP contribution < -0.4 is 5.73 Å². The quantitative estimate of drug-likeness (QED) is 0.771. The van der Waals surface area contributed by atoms with E-state index in [4.69, 9.17) is 5.73 Å². The zero-order valence-electron chi connectivity index (χ0n) is 10.1. The fraction of sp³-hybridized carbons (Fsp3) is 0.188. The predicted octanol–water partition coefficient (Wildman–Crippen LogP) is 3.56. The highest BCUT2D eigenvalue weighted by atomic mass is 16.1. The topological polar surface area (TPSA) is 43.1 Å². The van der Waals surface area contributed by atoms with Crippen LogP contribution in [0.2, 0.25) is 0 Å². The molecule has 0 atom stereocenters. The smallest absolute Gasteiger partial charge is 0.155 e. The van der Waals surface area contributed by atoms with Gasteiger partial charge in [0.05, 0.1) is 0 Å². The van der Waals surface area contributed by atoms with Gasteiger partial charge in [0.1, 0.15) is 0 Å². The normalized spacial score (nSPS) is 15.8. The first kappa shape index (κ1) is 11.0. The molecular formula is C16H15NO. The maximum Gasteiger partial charge on any atom is 0.155 e. The summed E-state index contributed by atoms with van der Waals surface area (Å²) in [5.74, 6) is 0.233. The maximum absolute atomic E-state index is 11.5. The number of carbonyl (C=O) groups excluding carboxylic acids is 1. The summed E-state index contributed by atoms with van der Waals surface area (Å²) in [6.07, 6.45) is 4.39. The monoisotopic (exact) mass is 237 g/mol. The van der Waals surface area contributed by atoms with Gasteiger partial charge in [0.25, 0.3) is 0 Å². The van der Waals surface area contributed by atoms with Crippen molar-refractivity contribution in [2.75, 3.05) is 5.73 Å². The lowest BCUT2D eigenvalue weighted by atomic mass is 9.89. The lowest BCUT2D eigenvalue weighted by Gasteiger charge is -2.15. The van der Waals surface area contributed by atoms with Crippen LogP contribution in [0.5, 0.6) is 0 Å². The van der Waals surface area contributed by atoms with E-state index < -0.39 is 0 Å². The Hall–Kier alpha value is -2.09. The molecule has 2 aromatic carbocycles. The van der Waals surface area contributed by atoms with E-state index in [2.05, 4.69) is 6.07 Å². The number of nitrogens with two attached hydrogens (primary N) is 1. The lowest BCUT2D eigenvalue weighted by Crippen LogP contribution is -2.02. The Labute approximate surface area is 106 Å². The molecule has 0 bridgehead atoms. The molecule has 0 amide bonds. The summed E-state index contributed by atoms with van der Waals surface area (Å²) in [5, 5.41) is 2.20. The molecule has 0 spiro atoms. The van der Waals surface area contributed by atoms with Gasteiger partial charge < -0.3 is 5.73 Å². The molecule has 0 saturated heterocycles. The minimum absolute atomic E-state index is 0.233. The molecule has 0 unspecified atom stereocenters. The molecule has 2 aromatic rings. The van der Waals surface area contributed by atoms with Crippen molar-refractivity contribution in [2.45, 2.75) is 19.3 Å². The van der Waals surface area contributed by atoms with E-state index >= 15 is 0 Å². The van der Waals surface area contributed by atoms with Gasteiger partial charge in [-0.25, -0.2) is 0 Å². The fourth-order valence-electron chi connectivity index (χ4n) is 2.61. The van der Waals surface area contributed by atoms with Crippen LogP contribution in [-0.2, 0) is 4.79 Å². The van der Waals surface area contributed by atoms with E-state index in [1.165, 1.54) is 0 Å². The summed E-state index contributed by atoms with van der Waals surface area (Å²) in [4.78, 5) is 11.5. The van der Waals surface area contributed by atoms with Crippen molar-refractivity contribution in [3.05, 3.63) is 48.0 Å². The summed E-state index contributed by atoms with van der Waals surface area (Å²) >= 11 is 0. The van der Waals surface area contributed by atoms with Gasteiger partial charge in [-0.05, 0) is 41.5 Å². The van der Waals surface area contributed by atoms with Crippen LogP contribution in [0.3, 0.4) is 0 Å². The SMILES string of the molecule is Nc1ccc(C2=CC(=O)CCC2)c2ccccc12. The van der Waals surface area contributed by atoms with E-state index in [9.17, 15) is 4.79 Å². The molecule has 0 heterocycles. The first-order valence-corrected chi connectivity index (χ1v) is 6.27. The second-order valence-electron chi connectivity index (χ2n) is 4.74. The first-order chi connectivity index (χ1) is 8.75. The van der Waals surface area contributed by atoms with Gasteiger partial charge in [-0.1, -0.05) is 30.3 Å². The number of carbonyl (C=O) groups is 1. The number of allylic oxidation sites excluding steroid dienone is 2. The molecule has 2 nitrogen and oxygen atoms in total. The Kier molecular flexibility index (Phi) is 2.63. The van der Waals surface area contributed by atoms with Crippen molar-refractivity contribution in [1.82, 2.24) is 0 Å². The van der Waals surface area contributed by atoms with Gasteiger partial charge in [-0.3, -0.25) is 4.79 Å². The predicted molar refractivity (Wildman–Crippen MR) is 75.2 cm³/mol. The number of benzene rings is 2. The molecule has 1 aliphatic rings. The molecule has 2 N–H and O–H groups in total. The Balaban J connectivity index is 2.24. The molecule has 0 fully saturated rings. The summed E-state index contributed by atoms with van der Waals surface area (Å²) in [6, 6.07) is 12.1. The van der Waals surface area contributed by atoms with Crippen molar-refractivity contribution in [3.8, 4) is 0 Å². The van der Waals surface area contributed by atoms with Crippen LogP contribution in [0.4, 0.5) is 5.69 Å². The van der Waals surface area contributed by atoms with Crippen LogP contribution in [0, 0.1) is 0 Å². The molecule has 0 radical (unpaired) electrons. The van der Waals surface area contributed by atoms with Crippen LogP contribution in [-0.4, -0.2) is 5.78 Å². The highest BCUT2D eigenvalue weighted by Gasteiger charge is 2.14. The van der Waals surface area contributed by atoms with Gasteiger partial charge in [-0.2, -0.15) is 0 Å². The molecule has 1 aliphatic carbocycles. The van der Waals surface area contributed by atoms with Crippen LogP contribution >= 0.6 is 0 Å². The van der Waals surface area contributed by atoms with Crippen molar-refractivity contribution in [3.63, 3.8) is 0 Å². The minimum atomic E-state index is 0.233. The second-order valence-corrected chi connectivity index (χ2v) is 4.74. The zero-order valence-corrected chi connectivity index (χ0v) is 10.1. The number of fused-ring (bicyclic) bond motifs is 1. The van der Waals surface area contributed by atoms with E-state index in [1.54, 1.807) is 6.08 Å². The Bertz CT molecular complexity index is 655. The number of anilines is 1. The van der Waals surface area contributed by atoms with Crippen molar-refractivity contribution < 1.29 is 4.79 Å². The minimum Gasteiger partial charge on any atom is -0.398 e. The number of ketones is 1. The Morgan fingerprint density at radius 3 is 2.50 bits per heavy atom. The molecule has 90 valence electrons. The van der Waals surface area contributed by atoms with E-state index in [1.807, 2.05) is 30.3 Å². The summed E-state index contributed by atoms with van der Waals surface area (Å²) in [6.45, 7) is 0. The first-order valence-electron chi connectivity index (χ1n) is 6.27. The van der Waals surface area contributed by atoms with Gasteiger partial charge in [0.15, 0.2) is 5.78 Å². The van der Waals surface area contributed by atoms with Gasteiger partial charge in [0, 0.05) is 17.5 Å². The van der Waals surface area contributed by atoms with E-state index in [0.717, 1.165) is 40.4 Å². The Morgan fingerprint density at radius 2 is 1.72 bits per heavy atom. The molecule has 0 aromatic heterocycles. The molecule has 0 aliphatic heterocycles. The average Bonchev–Trinajstić information content (AvgIpc) is 2.39. The number of rotatable bonds is 1. The highest BCUT2D eigenvalue weighted by molar-refractivity contribution is 6.05. The number of hydrogen-bond acceptors (Lipinski definition) is 2. The molecular weight excluding hydrogens is 222 g/mol. The van der Waals surface area contributed by atoms with Crippen molar-refractivity contribution in [1.29, 1.82) is 0 Å². The fourth-order valence-corrected chi connectivity index (χ4v) is 2.61. The number of hydrogen-bond donors (Lipinski definition) is 1. The largest absolute Gasteiger partial charge is 0.398 e. The van der Waals surface area contributed by atoms with Gasteiger partial charge in [-0.15, -0.1) is 0 Å². The van der Waals surface area contributed by atoms with E-state index in [-0.39, 0.29) is 5.78 Å². The van der Waals surface area contributed by atoms with E-state index in [0.29, 0.717) is 6.42 Å². The van der Waals surface area contributed by atoms with Gasteiger partial charge in [0.2, 0.25) is 0 Å². The summed E-state index contributed by atoms with van der Waals surface area (Å²) in [7, 11) is 0. The second kappa shape index (κ2) is 4.30. The van der Waals surface area contributed by atoms with Crippen molar-refractivity contribution >= 4 is 27.8 Å². The summed E-state index contributed by atoms with van der Waals surface area (Å²) < 4.78 is 0. The summed E-state index contributed by atoms with van der Waals surface area (Å²) in [5.41, 5.74) is 9.07. The standard InChI is InChI=1S/C16H15NO/c17-16-9-8-13(11-4-3-5-12(18)10-11)14-6-1-2-7-15(14)16/h1-2,6-10H,3-5,17H2. The third-order valence-corrected chi connectivity index (χ3v) is 3.51. The third kappa shape index (κ3) is 1.80. The third-order valence-electron chi connectivity index (χ3n) is 3.51. The van der Waals surface area contributed by atoms with Crippen molar-refractivity contribution in [2.24, 2.45) is 0 Å². The van der Waals surface area contributed by atoms with Crippen LogP contribution in [0.25, 0.3) is 16.3 Å².